The maximum absolute atomic E-state index is 11.9. The molecule has 2 atom stereocenters. The molecule has 1 aliphatic heterocycles. The standard InChI is InChI=1S/C10H16N4O/c1-8(9-7-11-4-5-12-9)10(15)14-6-2-3-13-14/h2-3,6,8-9,11-12H,4-5,7H2,1H3. The van der Waals surface area contributed by atoms with Crippen molar-refractivity contribution in [1.29, 1.82) is 0 Å². The third-order valence-electron chi connectivity index (χ3n) is 2.80. The van der Waals surface area contributed by atoms with Crippen LogP contribution in [0.4, 0.5) is 0 Å². The Morgan fingerprint density at radius 1 is 1.60 bits per heavy atom. The van der Waals surface area contributed by atoms with Crippen molar-refractivity contribution in [1.82, 2.24) is 20.4 Å². The Morgan fingerprint density at radius 2 is 2.47 bits per heavy atom. The molecule has 15 heavy (non-hydrogen) atoms. The first kappa shape index (κ1) is 10.3. The van der Waals surface area contributed by atoms with Gasteiger partial charge in [-0.3, -0.25) is 4.79 Å². The van der Waals surface area contributed by atoms with Crippen molar-refractivity contribution in [3.8, 4) is 0 Å². The van der Waals surface area contributed by atoms with E-state index in [2.05, 4.69) is 15.7 Å². The van der Waals surface area contributed by atoms with Gasteiger partial charge in [-0.25, -0.2) is 4.68 Å². The highest BCUT2D eigenvalue weighted by Crippen LogP contribution is 2.07. The normalized spacial score (nSPS) is 23.7. The SMILES string of the molecule is CC(C(=O)n1cccn1)C1CNCCN1. The van der Waals surface area contributed by atoms with Gasteiger partial charge in [0.1, 0.15) is 0 Å². The van der Waals surface area contributed by atoms with Gasteiger partial charge in [0.25, 0.3) is 5.91 Å². The molecule has 0 bridgehead atoms. The van der Waals surface area contributed by atoms with E-state index >= 15 is 0 Å². The van der Waals surface area contributed by atoms with E-state index < -0.39 is 0 Å². The Balaban J connectivity index is 2.00. The molecule has 1 fully saturated rings. The summed E-state index contributed by atoms with van der Waals surface area (Å²) in [5.74, 6) is -0.0149. The van der Waals surface area contributed by atoms with Crippen LogP contribution in [-0.2, 0) is 0 Å². The first-order valence-electron chi connectivity index (χ1n) is 5.27. The summed E-state index contributed by atoms with van der Waals surface area (Å²) in [6.45, 7) is 4.67. The van der Waals surface area contributed by atoms with E-state index in [4.69, 9.17) is 0 Å². The number of piperazine rings is 1. The summed E-state index contributed by atoms with van der Waals surface area (Å²) >= 11 is 0. The zero-order chi connectivity index (χ0) is 10.7. The van der Waals surface area contributed by atoms with Crippen LogP contribution in [0.2, 0.25) is 0 Å². The van der Waals surface area contributed by atoms with E-state index in [1.807, 2.05) is 6.92 Å². The molecular weight excluding hydrogens is 192 g/mol. The number of hydrogen-bond donors (Lipinski definition) is 2. The van der Waals surface area contributed by atoms with E-state index in [0.29, 0.717) is 0 Å². The zero-order valence-electron chi connectivity index (χ0n) is 8.81. The van der Waals surface area contributed by atoms with E-state index in [1.54, 1.807) is 18.5 Å². The minimum absolute atomic E-state index is 0.0428. The molecule has 1 saturated heterocycles. The van der Waals surface area contributed by atoms with Crippen molar-refractivity contribution >= 4 is 5.91 Å². The smallest absolute Gasteiger partial charge is 0.251 e. The van der Waals surface area contributed by atoms with Gasteiger partial charge < -0.3 is 10.6 Å². The molecule has 1 aromatic rings. The van der Waals surface area contributed by atoms with Gasteiger partial charge in [0.15, 0.2) is 0 Å². The second kappa shape index (κ2) is 4.55. The maximum Gasteiger partial charge on any atom is 0.251 e. The van der Waals surface area contributed by atoms with Gasteiger partial charge in [-0.05, 0) is 6.07 Å². The fourth-order valence-electron chi connectivity index (χ4n) is 1.81. The highest BCUT2D eigenvalue weighted by atomic mass is 16.2. The second-order valence-corrected chi connectivity index (χ2v) is 3.84. The Bertz CT molecular complexity index is 316. The molecule has 0 radical (unpaired) electrons. The molecule has 2 unspecified atom stereocenters. The number of nitrogens with one attached hydrogen (secondary N) is 2. The quantitative estimate of drug-likeness (QED) is 0.702. The van der Waals surface area contributed by atoms with Crippen LogP contribution in [0.1, 0.15) is 11.7 Å². The van der Waals surface area contributed by atoms with Crippen LogP contribution in [0.15, 0.2) is 18.5 Å². The highest BCUT2D eigenvalue weighted by Gasteiger charge is 2.26. The lowest BCUT2D eigenvalue weighted by Crippen LogP contribution is -2.53. The van der Waals surface area contributed by atoms with Gasteiger partial charge in [-0.15, -0.1) is 0 Å². The molecule has 0 amide bonds. The summed E-state index contributed by atoms with van der Waals surface area (Å²) < 4.78 is 1.40. The van der Waals surface area contributed by atoms with Gasteiger partial charge in [0, 0.05) is 38.1 Å². The van der Waals surface area contributed by atoms with E-state index in [0.717, 1.165) is 19.6 Å². The van der Waals surface area contributed by atoms with Crippen LogP contribution in [0.3, 0.4) is 0 Å². The molecule has 2 heterocycles. The molecule has 0 aliphatic carbocycles. The summed E-state index contributed by atoms with van der Waals surface area (Å²) in [4.78, 5) is 11.9. The summed E-state index contributed by atoms with van der Waals surface area (Å²) in [5, 5.41) is 10.6. The zero-order valence-corrected chi connectivity index (χ0v) is 8.81. The minimum atomic E-state index is -0.0577. The Kier molecular flexibility index (Phi) is 3.13. The average Bonchev–Trinajstić information content (AvgIpc) is 2.82. The summed E-state index contributed by atoms with van der Waals surface area (Å²) in [5.41, 5.74) is 0. The molecule has 5 nitrogen and oxygen atoms in total. The minimum Gasteiger partial charge on any atom is -0.314 e. The largest absolute Gasteiger partial charge is 0.314 e. The molecular formula is C10H16N4O. The molecule has 2 rings (SSSR count). The van der Waals surface area contributed by atoms with Crippen molar-refractivity contribution in [2.24, 2.45) is 5.92 Å². The third kappa shape index (κ3) is 2.24. The predicted molar refractivity (Wildman–Crippen MR) is 56.7 cm³/mol. The topological polar surface area (TPSA) is 59.0 Å². The summed E-state index contributed by atoms with van der Waals surface area (Å²) in [7, 11) is 0. The van der Waals surface area contributed by atoms with Crippen molar-refractivity contribution in [2.75, 3.05) is 19.6 Å². The number of carbonyl (C=O) groups is 1. The third-order valence-corrected chi connectivity index (χ3v) is 2.80. The molecule has 1 aromatic heterocycles. The Hall–Kier alpha value is -1.20. The lowest BCUT2D eigenvalue weighted by Gasteiger charge is -2.28. The van der Waals surface area contributed by atoms with Crippen molar-refractivity contribution in [2.45, 2.75) is 13.0 Å². The van der Waals surface area contributed by atoms with Gasteiger partial charge in [0.2, 0.25) is 0 Å². The average molecular weight is 208 g/mol. The van der Waals surface area contributed by atoms with Gasteiger partial charge in [-0.1, -0.05) is 6.92 Å². The Morgan fingerprint density at radius 3 is 3.07 bits per heavy atom. The van der Waals surface area contributed by atoms with Crippen molar-refractivity contribution in [3.63, 3.8) is 0 Å². The van der Waals surface area contributed by atoms with Crippen LogP contribution >= 0.6 is 0 Å². The molecule has 2 N–H and O–H groups in total. The lowest BCUT2D eigenvalue weighted by molar-refractivity contribution is 0.0792. The van der Waals surface area contributed by atoms with Gasteiger partial charge in [-0.2, -0.15) is 5.10 Å². The monoisotopic (exact) mass is 208 g/mol. The van der Waals surface area contributed by atoms with Gasteiger partial charge in [0.05, 0.1) is 5.92 Å². The van der Waals surface area contributed by atoms with E-state index in [-0.39, 0.29) is 17.9 Å². The molecule has 0 saturated carbocycles. The van der Waals surface area contributed by atoms with Crippen LogP contribution in [0.5, 0.6) is 0 Å². The van der Waals surface area contributed by atoms with Crippen LogP contribution < -0.4 is 10.6 Å². The van der Waals surface area contributed by atoms with E-state index in [1.165, 1.54) is 4.68 Å². The fourth-order valence-corrected chi connectivity index (χ4v) is 1.81. The van der Waals surface area contributed by atoms with Gasteiger partial charge >= 0.3 is 0 Å². The fraction of sp³-hybridized carbons (Fsp3) is 0.600. The first-order valence-corrected chi connectivity index (χ1v) is 5.27. The van der Waals surface area contributed by atoms with Crippen molar-refractivity contribution < 1.29 is 4.79 Å². The first-order chi connectivity index (χ1) is 7.29. The van der Waals surface area contributed by atoms with Crippen LogP contribution in [0.25, 0.3) is 0 Å². The number of nitrogens with zero attached hydrogens (tertiary/aromatic N) is 2. The second-order valence-electron chi connectivity index (χ2n) is 3.84. The van der Waals surface area contributed by atoms with Crippen LogP contribution in [-0.4, -0.2) is 41.4 Å². The number of aromatic nitrogens is 2. The number of rotatable bonds is 2. The molecule has 0 aromatic carbocycles. The maximum atomic E-state index is 11.9. The highest BCUT2D eigenvalue weighted by molar-refractivity contribution is 5.80. The Labute approximate surface area is 88.8 Å². The van der Waals surface area contributed by atoms with Crippen LogP contribution in [0, 0.1) is 5.92 Å². The predicted octanol–water partition coefficient (Wildman–Crippen LogP) is -0.279. The van der Waals surface area contributed by atoms with Crippen molar-refractivity contribution in [3.05, 3.63) is 18.5 Å². The lowest BCUT2D eigenvalue weighted by atomic mass is 10.00. The number of hydrogen-bond acceptors (Lipinski definition) is 4. The molecule has 82 valence electrons. The molecule has 1 aliphatic rings. The molecule has 0 spiro atoms. The summed E-state index contributed by atoms with van der Waals surface area (Å²) in [6.07, 6.45) is 3.31. The molecule has 5 heteroatoms. The van der Waals surface area contributed by atoms with E-state index in [9.17, 15) is 4.79 Å². The summed E-state index contributed by atoms with van der Waals surface area (Å²) in [6, 6.07) is 1.97. The number of carbonyl (C=O) groups excluding carboxylic acids is 1.